The number of para-hydroxylation sites is 3. The Kier molecular flexibility index (Phi) is 5.40. The second kappa shape index (κ2) is 9.71. The van der Waals surface area contributed by atoms with Crippen molar-refractivity contribution in [3.8, 4) is 28.8 Å². The van der Waals surface area contributed by atoms with Gasteiger partial charge in [-0.25, -0.2) is 9.67 Å². The molecule has 4 heterocycles. The Morgan fingerprint density at radius 3 is 1.80 bits per heavy atom. The van der Waals surface area contributed by atoms with Crippen LogP contribution >= 0.6 is 0 Å². The molecule has 0 aliphatic carbocycles. The maximum absolute atomic E-state index is 6.50. The minimum absolute atomic E-state index is 0.728. The molecule has 0 aliphatic heterocycles. The molecule has 9 rings (SSSR count). The van der Waals surface area contributed by atoms with E-state index in [1.807, 2.05) is 59.5 Å². The molecule has 0 N–H and O–H groups in total. The van der Waals surface area contributed by atoms with Gasteiger partial charge in [-0.3, -0.25) is 9.13 Å². The molecule has 0 radical (unpaired) electrons. The summed E-state index contributed by atoms with van der Waals surface area (Å²) in [7, 11) is 0. The van der Waals surface area contributed by atoms with Gasteiger partial charge in [-0.15, -0.1) is 0 Å². The van der Waals surface area contributed by atoms with Crippen LogP contribution < -0.4 is 4.74 Å². The number of aromatic nitrogens is 5. The summed E-state index contributed by atoms with van der Waals surface area (Å²) < 4.78 is 12.9. The molecule has 6 nitrogen and oxygen atoms in total. The van der Waals surface area contributed by atoms with Crippen molar-refractivity contribution in [2.45, 2.75) is 0 Å². The van der Waals surface area contributed by atoms with E-state index in [1.165, 1.54) is 16.2 Å². The first-order chi connectivity index (χ1) is 21.8. The SMILES string of the molecule is c1ccc(-n2c3ccccc3c3ccc(Oc4cccc(-n5nccc5-n5c6ccccc6c6ccccc65)c4)cc32)nc1. The van der Waals surface area contributed by atoms with Gasteiger partial charge in [-0.2, -0.15) is 5.10 Å². The largest absolute Gasteiger partial charge is 0.457 e. The van der Waals surface area contributed by atoms with E-state index in [0.29, 0.717) is 0 Å². The van der Waals surface area contributed by atoms with Gasteiger partial charge in [0.25, 0.3) is 0 Å². The van der Waals surface area contributed by atoms with Crippen LogP contribution in [0.25, 0.3) is 60.9 Å². The molecular weight excluding hydrogens is 542 g/mol. The number of ether oxygens (including phenoxy) is 1. The highest BCUT2D eigenvalue weighted by molar-refractivity contribution is 6.10. The highest BCUT2D eigenvalue weighted by atomic mass is 16.5. The zero-order valence-electron chi connectivity index (χ0n) is 23.6. The normalized spacial score (nSPS) is 11.6. The number of pyridine rings is 1. The highest BCUT2D eigenvalue weighted by Gasteiger charge is 2.17. The lowest BCUT2D eigenvalue weighted by molar-refractivity contribution is 0.483. The lowest BCUT2D eigenvalue weighted by Crippen LogP contribution is -2.05. The average molecular weight is 568 g/mol. The molecule has 4 aromatic heterocycles. The van der Waals surface area contributed by atoms with Crippen LogP contribution in [0.2, 0.25) is 0 Å². The van der Waals surface area contributed by atoms with Crippen molar-refractivity contribution in [2.24, 2.45) is 0 Å². The molecule has 6 heteroatoms. The first kappa shape index (κ1) is 24.5. The number of hydrogen-bond donors (Lipinski definition) is 0. The Balaban J connectivity index is 1.14. The van der Waals surface area contributed by atoms with Crippen molar-refractivity contribution < 1.29 is 4.74 Å². The van der Waals surface area contributed by atoms with E-state index in [1.54, 1.807) is 0 Å². The van der Waals surface area contributed by atoms with Crippen molar-refractivity contribution in [1.82, 2.24) is 23.9 Å². The minimum atomic E-state index is 0.728. The lowest BCUT2D eigenvalue weighted by Gasteiger charge is -2.13. The van der Waals surface area contributed by atoms with E-state index in [0.717, 1.165) is 56.3 Å². The smallest absolute Gasteiger partial charge is 0.141 e. The Labute approximate surface area is 252 Å². The van der Waals surface area contributed by atoms with Gasteiger partial charge >= 0.3 is 0 Å². The second-order valence-electron chi connectivity index (χ2n) is 10.8. The van der Waals surface area contributed by atoms with Gasteiger partial charge in [0, 0.05) is 45.9 Å². The van der Waals surface area contributed by atoms with E-state index < -0.39 is 0 Å². The Bertz CT molecular complexity index is 2430. The topological polar surface area (TPSA) is 49.8 Å². The first-order valence-corrected chi connectivity index (χ1v) is 14.6. The fraction of sp³-hybridized carbons (Fsp3) is 0. The maximum atomic E-state index is 6.50. The molecule has 0 amide bonds. The summed E-state index contributed by atoms with van der Waals surface area (Å²) in [6.07, 6.45) is 3.67. The molecule has 5 aromatic carbocycles. The van der Waals surface area contributed by atoms with Gasteiger partial charge in [0.15, 0.2) is 0 Å². The van der Waals surface area contributed by atoms with Crippen LogP contribution in [-0.2, 0) is 0 Å². The quantitative estimate of drug-likeness (QED) is 0.208. The lowest BCUT2D eigenvalue weighted by atomic mass is 10.1. The summed E-state index contributed by atoms with van der Waals surface area (Å²) >= 11 is 0. The molecule has 0 unspecified atom stereocenters. The zero-order valence-corrected chi connectivity index (χ0v) is 23.6. The van der Waals surface area contributed by atoms with E-state index in [9.17, 15) is 0 Å². The number of hydrogen-bond acceptors (Lipinski definition) is 3. The van der Waals surface area contributed by atoms with Gasteiger partial charge in [0.2, 0.25) is 0 Å². The summed E-state index contributed by atoms with van der Waals surface area (Å²) in [4.78, 5) is 4.65. The van der Waals surface area contributed by atoms with E-state index >= 15 is 0 Å². The van der Waals surface area contributed by atoms with Crippen LogP contribution in [0.15, 0.2) is 152 Å². The highest BCUT2D eigenvalue weighted by Crippen LogP contribution is 2.36. The summed E-state index contributed by atoms with van der Waals surface area (Å²) in [6.45, 7) is 0. The van der Waals surface area contributed by atoms with E-state index in [-0.39, 0.29) is 0 Å². The summed E-state index contributed by atoms with van der Waals surface area (Å²) in [5.74, 6) is 3.30. The number of fused-ring (bicyclic) bond motifs is 6. The monoisotopic (exact) mass is 567 g/mol. The van der Waals surface area contributed by atoms with Crippen LogP contribution in [0.5, 0.6) is 11.5 Å². The Hall–Kier alpha value is -6.14. The van der Waals surface area contributed by atoms with Crippen LogP contribution in [0, 0.1) is 0 Å². The van der Waals surface area contributed by atoms with Crippen LogP contribution in [0.1, 0.15) is 0 Å². The summed E-state index contributed by atoms with van der Waals surface area (Å²) in [5.41, 5.74) is 5.34. The van der Waals surface area contributed by atoms with Crippen molar-refractivity contribution in [2.75, 3.05) is 0 Å². The first-order valence-electron chi connectivity index (χ1n) is 14.6. The average Bonchev–Trinajstić information content (AvgIpc) is 3.78. The minimum Gasteiger partial charge on any atom is -0.457 e. The number of rotatable bonds is 5. The van der Waals surface area contributed by atoms with Crippen molar-refractivity contribution in [3.05, 3.63) is 152 Å². The molecule has 0 spiro atoms. The van der Waals surface area contributed by atoms with Crippen molar-refractivity contribution in [1.29, 1.82) is 0 Å². The molecule has 208 valence electrons. The number of benzene rings is 5. The third-order valence-corrected chi connectivity index (χ3v) is 8.25. The molecule has 9 aromatic rings. The fourth-order valence-electron chi connectivity index (χ4n) is 6.40. The molecule has 0 bridgehead atoms. The fourth-order valence-corrected chi connectivity index (χ4v) is 6.40. The predicted molar refractivity (Wildman–Crippen MR) is 177 cm³/mol. The predicted octanol–water partition coefficient (Wildman–Crippen LogP) is 9.25. The van der Waals surface area contributed by atoms with Crippen LogP contribution in [0.4, 0.5) is 0 Å². The van der Waals surface area contributed by atoms with Gasteiger partial charge in [0.05, 0.1) is 34.0 Å². The molecular formula is C38H25N5O. The van der Waals surface area contributed by atoms with Gasteiger partial charge in [-0.1, -0.05) is 66.7 Å². The van der Waals surface area contributed by atoms with Crippen LogP contribution in [-0.4, -0.2) is 23.9 Å². The maximum Gasteiger partial charge on any atom is 0.141 e. The molecule has 44 heavy (non-hydrogen) atoms. The molecule has 0 aliphatic rings. The molecule has 0 atom stereocenters. The zero-order chi connectivity index (χ0) is 29.0. The Morgan fingerprint density at radius 2 is 1.09 bits per heavy atom. The third-order valence-electron chi connectivity index (χ3n) is 8.25. The second-order valence-corrected chi connectivity index (χ2v) is 10.8. The van der Waals surface area contributed by atoms with E-state index in [4.69, 9.17) is 9.84 Å². The Morgan fingerprint density at radius 1 is 0.455 bits per heavy atom. The van der Waals surface area contributed by atoms with Gasteiger partial charge in [0.1, 0.15) is 23.1 Å². The molecule has 0 saturated heterocycles. The van der Waals surface area contributed by atoms with Gasteiger partial charge < -0.3 is 4.74 Å². The number of nitrogens with zero attached hydrogens (tertiary/aromatic N) is 5. The van der Waals surface area contributed by atoms with E-state index in [2.05, 4.69) is 111 Å². The summed E-state index contributed by atoms with van der Waals surface area (Å²) in [6, 6.07) is 47.8. The third kappa shape index (κ3) is 3.75. The molecule has 0 fully saturated rings. The summed E-state index contributed by atoms with van der Waals surface area (Å²) in [5, 5.41) is 9.50. The standard InChI is InChI=1S/C38H25N5O/c1-4-15-33-31(14-1)32-20-19-28(25-36(32)41(33)37-18-7-8-22-39-37)44-27-11-9-10-26(24-27)43-38(21-23-40-43)42-34-16-5-2-12-29(34)30-13-3-6-17-35(30)42/h1-25H. The van der Waals surface area contributed by atoms with Crippen LogP contribution in [0.3, 0.4) is 0 Å². The molecule has 0 saturated carbocycles. The van der Waals surface area contributed by atoms with Gasteiger partial charge in [-0.05, 0) is 54.6 Å². The van der Waals surface area contributed by atoms with Crippen molar-refractivity contribution in [3.63, 3.8) is 0 Å². The van der Waals surface area contributed by atoms with Crippen molar-refractivity contribution >= 4 is 43.6 Å².